The SMILES string of the molecule is COC(=O)c1c2cccc(OCc3ccccc3)c2nn1CC(NC(=O)OC(C)(C)C)C(C)(C)C. The molecule has 0 spiro atoms. The molecule has 3 rings (SSSR count). The molecule has 8 nitrogen and oxygen atoms in total. The lowest BCUT2D eigenvalue weighted by Crippen LogP contribution is -2.48. The number of rotatable bonds is 7. The number of hydrogen-bond acceptors (Lipinski definition) is 6. The van der Waals surface area contributed by atoms with Gasteiger partial charge in [-0.3, -0.25) is 4.68 Å². The second-order valence-electron chi connectivity index (χ2n) is 10.5. The van der Waals surface area contributed by atoms with Crippen LogP contribution in [-0.2, 0) is 22.6 Å². The van der Waals surface area contributed by atoms with Gasteiger partial charge in [0.25, 0.3) is 0 Å². The van der Waals surface area contributed by atoms with Crippen molar-refractivity contribution in [1.82, 2.24) is 15.1 Å². The van der Waals surface area contributed by atoms with Crippen LogP contribution < -0.4 is 10.1 Å². The summed E-state index contributed by atoms with van der Waals surface area (Å²) in [5.74, 6) is 0.0419. The van der Waals surface area contributed by atoms with Gasteiger partial charge in [0.15, 0.2) is 5.69 Å². The van der Waals surface area contributed by atoms with Crippen LogP contribution in [0.15, 0.2) is 48.5 Å². The lowest BCUT2D eigenvalue weighted by atomic mass is 9.86. The Morgan fingerprint density at radius 3 is 2.29 bits per heavy atom. The molecule has 1 unspecified atom stereocenters. The number of carbonyl (C=O) groups excluding carboxylic acids is 2. The van der Waals surface area contributed by atoms with Crippen LogP contribution in [0.2, 0.25) is 0 Å². The Hall–Kier alpha value is -3.55. The second-order valence-corrected chi connectivity index (χ2v) is 10.5. The standard InChI is InChI=1S/C27H35N3O5/c1-26(2,3)21(28-25(32)35-27(4,5)6)16-30-23(24(31)33-7)19-14-11-15-20(22(19)29-30)34-17-18-12-9-8-10-13-18/h8-15,21H,16-17H2,1-7H3,(H,28,32). The lowest BCUT2D eigenvalue weighted by molar-refractivity contribution is 0.0451. The highest BCUT2D eigenvalue weighted by molar-refractivity contribution is 6.03. The molecule has 0 fully saturated rings. The fourth-order valence-corrected chi connectivity index (χ4v) is 3.58. The minimum absolute atomic E-state index is 0.236. The Labute approximate surface area is 206 Å². The largest absolute Gasteiger partial charge is 0.487 e. The predicted molar refractivity (Wildman–Crippen MR) is 134 cm³/mol. The van der Waals surface area contributed by atoms with E-state index in [1.165, 1.54) is 7.11 Å². The minimum atomic E-state index is -0.630. The van der Waals surface area contributed by atoms with E-state index in [1.807, 2.05) is 90.1 Å². The van der Waals surface area contributed by atoms with Crippen LogP contribution >= 0.6 is 0 Å². The predicted octanol–water partition coefficient (Wildman–Crippen LogP) is 5.34. The molecule has 0 aliphatic heterocycles. The number of fused-ring (bicyclic) bond motifs is 1. The van der Waals surface area contributed by atoms with E-state index in [9.17, 15) is 9.59 Å². The number of ether oxygens (including phenoxy) is 3. The van der Waals surface area contributed by atoms with Crippen LogP contribution in [0.1, 0.15) is 57.6 Å². The quantitative estimate of drug-likeness (QED) is 0.458. The van der Waals surface area contributed by atoms with Crippen molar-refractivity contribution in [2.24, 2.45) is 5.41 Å². The van der Waals surface area contributed by atoms with E-state index in [0.29, 0.717) is 29.0 Å². The summed E-state index contributed by atoms with van der Waals surface area (Å²) in [4.78, 5) is 25.4. The summed E-state index contributed by atoms with van der Waals surface area (Å²) in [7, 11) is 1.33. The molecule has 1 heterocycles. The molecule has 0 aliphatic carbocycles. The zero-order chi connectivity index (χ0) is 25.8. The number of alkyl carbamates (subject to hydrolysis) is 1. The number of methoxy groups -OCH3 is 1. The van der Waals surface area contributed by atoms with E-state index >= 15 is 0 Å². The Bertz CT molecular complexity index is 1170. The molecule has 3 aromatic rings. The summed E-state index contributed by atoms with van der Waals surface area (Å²) in [6, 6.07) is 14.9. The number of amides is 1. The number of esters is 1. The first-order valence-corrected chi connectivity index (χ1v) is 11.6. The molecule has 0 aliphatic rings. The van der Waals surface area contributed by atoms with Gasteiger partial charge < -0.3 is 19.5 Å². The molecular formula is C27H35N3O5. The molecular weight excluding hydrogens is 446 g/mol. The minimum Gasteiger partial charge on any atom is -0.487 e. The Morgan fingerprint density at radius 2 is 1.69 bits per heavy atom. The zero-order valence-electron chi connectivity index (χ0n) is 21.5. The van der Waals surface area contributed by atoms with Crippen molar-refractivity contribution in [2.75, 3.05) is 7.11 Å². The first-order chi connectivity index (χ1) is 16.4. The van der Waals surface area contributed by atoms with Crippen molar-refractivity contribution in [1.29, 1.82) is 0 Å². The second kappa shape index (κ2) is 10.4. The first-order valence-electron chi connectivity index (χ1n) is 11.6. The van der Waals surface area contributed by atoms with Crippen molar-refractivity contribution in [3.8, 4) is 5.75 Å². The van der Waals surface area contributed by atoms with Crippen molar-refractivity contribution >= 4 is 23.0 Å². The third kappa shape index (κ3) is 6.74. The maximum Gasteiger partial charge on any atom is 0.407 e. The van der Waals surface area contributed by atoms with Crippen LogP contribution in [0.3, 0.4) is 0 Å². The average molecular weight is 482 g/mol. The van der Waals surface area contributed by atoms with Gasteiger partial charge in [-0.2, -0.15) is 5.10 Å². The maximum absolute atomic E-state index is 12.8. The van der Waals surface area contributed by atoms with Gasteiger partial charge in [-0.1, -0.05) is 63.2 Å². The number of carbonyl (C=O) groups is 2. The highest BCUT2D eigenvalue weighted by Crippen LogP contribution is 2.30. The van der Waals surface area contributed by atoms with Gasteiger partial charge in [-0.15, -0.1) is 0 Å². The molecule has 2 aromatic carbocycles. The van der Waals surface area contributed by atoms with Crippen LogP contribution in [0.5, 0.6) is 5.75 Å². The maximum atomic E-state index is 12.8. The van der Waals surface area contributed by atoms with Crippen molar-refractivity contribution in [3.05, 3.63) is 59.8 Å². The van der Waals surface area contributed by atoms with Gasteiger partial charge in [-0.25, -0.2) is 9.59 Å². The van der Waals surface area contributed by atoms with Crippen LogP contribution in [0.25, 0.3) is 10.9 Å². The molecule has 1 amide bonds. The van der Waals surface area contributed by atoms with E-state index in [1.54, 1.807) is 4.68 Å². The highest BCUT2D eigenvalue weighted by atomic mass is 16.6. The van der Waals surface area contributed by atoms with E-state index in [-0.39, 0.29) is 18.0 Å². The van der Waals surface area contributed by atoms with Gasteiger partial charge in [0, 0.05) is 5.39 Å². The molecule has 0 bridgehead atoms. The first kappa shape index (κ1) is 26.1. The van der Waals surface area contributed by atoms with Crippen LogP contribution in [-0.4, -0.2) is 40.6 Å². The van der Waals surface area contributed by atoms with Gasteiger partial charge in [-0.05, 0) is 37.8 Å². The van der Waals surface area contributed by atoms with E-state index in [4.69, 9.17) is 19.3 Å². The third-order valence-corrected chi connectivity index (χ3v) is 5.44. The van der Waals surface area contributed by atoms with Gasteiger partial charge in [0.2, 0.25) is 0 Å². The van der Waals surface area contributed by atoms with Gasteiger partial charge >= 0.3 is 12.1 Å². The summed E-state index contributed by atoms with van der Waals surface area (Å²) in [5, 5.41) is 8.29. The smallest absolute Gasteiger partial charge is 0.407 e. The Kier molecular flexibility index (Phi) is 7.73. The molecule has 35 heavy (non-hydrogen) atoms. The van der Waals surface area contributed by atoms with Crippen LogP contribution in [0, 0.1) is 5.41 Å². The fourth-order valence-electron chi connectivity index (χ4n) is 3.58. The van der Waals surface area contributed by atoms with E-state index in [0.717, 1.165) is 5.56 Å². The number of nitrogens with zero attached hydrogens (tertiary/aromatic N) is 2. The molecule has 0 saturated carbocycles. The molecule has 1 atom stereocenters. The number of hydrogen-bond donors (Lipinski definition) is 1. The number of benzene rings is 2. The van der Waals surface area contributed by atoms with Gasteiger partial charge in [0.05, 0.1) is 19.7 Å². The van der Waals surface area contributed by atoms with Crippen molar-refractivity contribution in [3.63, 3.8) is 0 Å². The Morgan fingerprint density at radius 1 is 1.00 bits per heavy atom. The molecule has 0 radical (unpaired) electrons. The normalized spacial score (nSPS) is 12.8. The number of nitrogens with one attached hydrogen (secondary N) is 1. The number of aromatic nitrogens is 2. The molecule has 1 N–H and O–H groups in total. The highest BCUT2D eigenvalue weighted by Gasteiger charge is 2.31. The van der Waals surface area contributed by atoms with E-state index < -0.39 is 17.7 Å². The van der Waals surface area contributed by atoms with Crippen molar-refractivity contribution < 1.29 is 23.8 Å². The summed E-state index contributed by atoms with van der Waals surface area (Å²) < 4.78 is 18.2. The topological polar surface area (TPSA) is 91.7 Å². The van der Waals surface area contributed by atoms with E-state index in [2.05, 4.69) is 5.32 Å². The lowest BCUT2D eigenvalue weighted by Gasteiger charge is -2.32. The third-order valence-electron chi connectivity index (χ3n) is 5.44. The molecule has 8 heteroatoms. The summed E-state index contributed by atoms with van der Waals surface area (Å²) in [5.41, 5.74) is 0.887. The van der Waals surface area contributed by atoms with Crippen LogP contribution in [0.4, 0.5) is 4.79 Å². The summed E-state index contributed by atoms with van der Waals surface area (Å²) in [6.07, 6.45) is -0.527. The fraction of sp³-hybridized carbons (Fsp3) is 0.444. The zero-order valence-corrected chi connectivity index (χ0v) is 21.5. The summed E-state index contributed by atoms with van der Waals surface area (Å²) >= 11 is 0. The monoisotopic (exact) mass is 481 g/mol. The molecule has 1 aromatic heterocycles. The van der Waals surface area contributed by atoms with Crippen molar-refractivity contribution in [2.45, 2.75) is 66.3 Å². The molecule has 188 valence electrons. The average Bonchev–Trinajstić information content (AvgIpc) is 3.14. The summed E-state index contributed by atoms with van der Waals surface area (Å²) in [6.45, 7) is 12.0. The Balaban J connectivity index is 1.97. The molecule has 0 saturated heterocycles. The van der Waals surface area contributed by atoms with Gasteiger partial charge in [0.1, 0.15) is 23.5 Å².